The number of carbonyl (C=O) groups excluding carboxylic acids is 3. The highest BCUT2D eigenvalue weighted by Crippen LogP contribution is 2.45. The van der Waals surface area contributed by atoms with Crippen molar-refractivity contribution in [1.29, 1.82) is 0 Å². The molecular formula is C42H47F8N5O10. The zero-order valence-corrected chi connectivity index (χ0v) is 34.9. The van der Waals surface area contributed by atoms with Crippen LogP contribution in [0.3, 0.4) is 0 Å². The smallest absolute Gasteiger partial charge is 0.433 e. The fraction of sp³-hybridized carbons (Fsp3) is 0.500. The first-order valence-corrected chi connectivity index (χ1v) is 20.3. The van der Waals surface area contributed by atoms with Crippen LogP contribution in [0.5, 0.6) is 5.75 Å². The Morgan fingerprint density at radius 1 is 0.862 bits per heavy atom. The number of Topliss-reactive ketones (excluding diaryl/α,β-unsaturated/α-hetero) is 1. The van der Waals surface area contributed by atoms with Gasteiger partial charge in [-0.05, 0) is 49.6 Å². The van der Waals surface area contributed by atoms with E-state index in [0.29, 0.717) is 37.4 Å². The Hall–Kier alpha value is -5.33. The molecule has 0 bridgehead atoms. The van der Waals surface area contributed by atoms with Crippen molar-refractivity contribution in [3.63, 3.8) is 0 Å². The minimum Gasteiger partial charge on any atom is -0.509 e. The number of nitrogens with one attached hydrogen (secondary N) is 1. The summed E-state index contributed by atoms with van der Waals surface area (Å²) < 4.78 is 134. The van der Waals surface area contributed by atoms with Crippen LogP contribution in [0.25, 0.3) is 11.3 Å². The van der Waals surface area contributed by atoms with Crippen LogP contribution in [0.4, 0.5) is 40.8 Å². The van der Waals surface area contributed by atoms with E-state index in [9.17, 15) is 50.9 Å². The predicted octanol–water partition coefficient (Wildman–Crippen LogP) is 5.93. The highest BCUT2D eigenvalue weighted by atomic mass is 19.4. The van der Waals surface area contributed by atoms with E-state index in [-0.39, 0.29) is 89.7 Å². The molecule has 0 radical (unpaired) electrons. The number of aliphatic hydroxyl groups excluding tert-OH is 3. The van der Waals surface area contributed by atoms with Crippen LogP contribution in [0.2, 0.25) is 0 Å². The number of benzene rings is 2. The monoisotopic (exact) mass is 933 g/mol. The van der Waals surface area contributed by atoms with Gasteiger partial charge in [-0.25, -0.2) is 19.4 Å². The van der Waals surface area contributed by atoms with Gasteiger partial charge in [-0.2, -0.15) is 30.7 Å². The molecule has 3 aromatic rings. The van der Waals surface area contributed by atoms with Crippen LogP contribution >= 0.6 is 0 Å². The number of anilines is 1. The van der Waals surface area contributed by atoms with Crippen LogP contribution in [0.15, 0.2) is 54.1 Å². The predicted molar refractivity (Wildman–Crippen MR) is 212 cm³/mol. The van der Waals surface area contributed by atoms with Crippen LogP contribution in [-0.4, -0.2) is 124 Å². The molecule has 1 fully saturated rings. The number of nitrogens with zero attached hydrogens (tertiary/aromatic N) is 4. The van der Waals surface area contributed by atoms with Gasteiger partial charge in [0.05, 0.1) is 81.4 Å². The maximum Gasteiger partial charge on any atom is 0.433 e. The molecule has 1 unspecified atom stereocenters. The molecule has 5 rings (SSSR count). The van der Waals surface area contributed by atoms with Crippen molar-refractivity contribution in [2.45, 2.75) is 75.5 Å². The molecule has 2 aromatic carbocycles. The largest absolute Gasteiger partial charge is 0.509 e. The van der Waals surface area contributed by atoms with Gasteiger partial charge in [-0.15, -0.1) is 0 Å². The first-order chi connectivity index (χ1) is 30.8. The standard InChI is InChI=1S/C42H47F8N5O10/c1-54-40(11-2-3-12-40)37(59)34(38(60)53-30-8-5-26(41(45,46)47)20-29(30)31-21-33(42(48,49)50)52-24-51-31)39(61)55(54)22-25-4-9-32(36(44)35(25)43)65-19-18-64-17-16-63-15-14-62-13-10-27(57)6-7-28(58)23-56/h4-5,8-9,20-21,24,28,56,58-59H,2-3,6-7,10-19,22-23H2,1H3,(H,53,60). The lowest BCUT2D eigenvalue weighted by molar-refractivity contribution is -0.163. The highest BCUT2D eigenvalue weighted by Gasteiger charge is 2.53. The lowest BCUT2D eigenvalue weighted by Gasteiger charge is -2.48. The summed E-state index contributed by atoms with van der Waals surface area (Å²) in [6, 6.07) is 4.39. The quantitative estimate of drug-likeness (QED) is 0.0527. The van der Waals surface area contributed by atoms with Crippen molar-refractivity contribution in [1.82, 2.24) is 20.0 Å². The van der Waals surface area contributed by atoms with Gasteiger partial charge in [-0.3, -0.25) is 19.4 Å². The second kappa shape index (κ2) is 22.2. The number of aromatic nitrogens is 2. The number of hydrazine groups is 1. The van der Waals surface area contributed by atoms with Gasteiger partial charge in [0.2, 0.25) is 5.82 Å². The lowest BCUT2D eigenvalue weighted by atomic mass is 9.88. The van der Waals surface area contributed by atoms with Crippen molar-refractivity contribution in [3.8, 4) is 17.0 Å². The zero-order chi connectivity index (χ0) is 47.5. The van der Waals surface area contributed by atoms with Gasteiger partial charge in [0.15, 0.2) is 11.6 Å². The molecule has 1 aromatic heterocycles. The van der Waals surface area contributed by atoms with E-state index in [1.54, 1.807) is 0 Å². The third-order valence-corrected chi connectivity index (χ3v) is 10.8. The summed E-state index contributed by atoms with van der Waals surface area (Å²) in [5.41, 5.74) is -7.21. The Balaban J connectivity index is 1.21. The van der Waals surface area contributed by atoms with E-state index in [1.165, 1.54) is 12.1 Å². The van der Waals surface area contributed by atoms with Gasteiger partial charge < -0.3 is 39.6 Å². The van der Waals surface area contributed by atoms with Gasteiger partial charge in [-0.1, -0.05) is 18.9 Å². The fourth-order valence-electron chi connectivity index (χ4n) is 7.22. The summed E-state index contributed by atoms with van der Waals surface area (Å²) in [6.07, 6.45) is -8.56. The molecule has 23 heteroatoms. The SMILES string of the molecule is CN1N(Cc2ccc(OCCOCCOCCOCCC(=O)CCC(O)CO)c(F)c2F)C(=O)C(C(=O)Nc2ccc(C(F)(F)F)cc2-c2cc(C(F)(F)F)ncn2)=C(O)C12CCCC2. The molecule has 1 aliphatic carbocycles. The molecule has 1 aliphatic heterocycles. The molecule has 2 heterocycles. The first-order valence-electron chi connectivity index (χ1n) is 20.3. The van der Waals surface area contributed by atoms with Crippen molar-refractivity contribution in [2.75, 3.05) is 65.2 Å². The molecule has 4 N–H and O–H groups in total. The average Bonchev–Trinajstić information content (AvgIpc) is 3.77. The Morgan fingerprint density at radius 3 is 2.14 bits per heavy atom. The summed E-state index contributed by atoms with van der Waals surface area (Å²) in [6.45, 7) is -0.400. The summed E-state index contributed by atoms with van der Waals surface area (Å²) in [4.78, 5) is 46.6. The Kier molecular flexibility index (Phi) is 17.3. The van der Waals surface area contributed by atoms with Crippen LogP contribution in [0.1, 0.15) is 61.8 Å². The molecule has 2 aliphatic rings. The van der Waals surface area contributed by atoms with E-state index in [0.717, 1.165) is 23.2 Å². The molecule has 1 saturated carbocycles. The van der Waals surface area contributed by atoms with E-state index >= 15 is 8.78 Å². The van der Waals surface area contributed by atoms with Crippen LogP contribution < -0.4 is 10.1 Å². The summed E-state index contributed by atoms with van der Waals surface area (Å²) in [5, 5.41) is 34.1. The number of alkyl halides is 6. The van der Waals surface area contributed by atoms with Crippen LogP contribution in [-0.2, 0) is 47.5 Å². The molecule has 1 atom stereocenters. The number of amides is 2. The van der Waals surface area contributed by atoms with Gasteiger partial charge in [0.25, 0.3) is 11.8 Å². The number of rotatable bonds is 22. The normalized spacial score (nSPS) is 16.1. The number of halogens is 8. The minimum absolute atomic E-state index is 0.0345. The second-order valence-electron chi connectivity index (χ2n) is 15.0. The molecule has 15 nitrogen and oxygen atoms in total. The molecule has 65 heavy (non-hydrogen) atoms. The molecule has 1 spiro atoms. The number of carbonyl (C=O) groups is 3. The minimum atomic E-state index is -5.01. The van der Waals surface area contributed by atoms with Gasteiger partial charge >= 0.3 is 12.4 Å². The Labute approximate surface area is 366 Å². The molecule has 0 saturated heterocycles. The second-order valence-corrected chi connectivity index (χ2v) is 15.0. The Morgan fingerprint density at radius 2 is 1.51 bits per heavy atom. The van der Waals surface area contributed by atoms with E-state index in [2.05, 4.69) is 15.3 Å². The topological polar surface area (TPSA) is 193 Å². The van der Waals surface area contributed by atoms with Crippen molar-refractivity contribution in [3.05, 3.63) is 82.5 Å². The van der Waals surface area contributed by atoms with Crippen molar-refractivity contribution in [2.24, 2.45) is 0 Å². The maximum absolute atomic E-state index is 15.6. The number of ether oxygens (including phenoxy) is 4. The Bertz CT molecular complexity index is 2190. The summed E-state index contributed by atoms with van der Waals surface area (Å²) in [7, 11) is 1.41. The number of aliphatic hydroxyl groups is 3. The van der Waals surface area contributed by atoms with E-state index in [1.807, 2.05) is 0 Å². The van der Waals surface area contributed by atoms with Crippen LogP contribution in [0, 0.1) is 11.6 Å². The number of hydrogen-bond acceptors (Lipinski definition) is 13. The lowest BCUT2D eigenvalue weighted by Crippen LogP contribution is -2.62. The molecular weight excluding hydrogens is 886 g/mol. The fourth-order valence-corrected chi connectivity index (χ4v) is 7.22. The van der Waals surface area contributed by atoms with Gasteiger partial charge in [0, 0.05) is 31.0 Å². The molecule has 2 amide bonds. The summed E-state index contributed by atoms with van der Waals surface area (Å²) in [5.74, 6) is -6.63. The van der Waals surface area contributed by atoms with Gasteiger partial charge in [0.1, 0.15) is 35.7 Å². The van der Waals surface area contributed by atoms with Crippen molar-refractivity contribution >= 4 is 23.3 Å². The zero-order valence-electron chi connectivity index (χ0n) is 34.9. The maximum atomic E-state index is 15.6. The summed E-state index contributed by atoms with van der Waals surface area (Å²) >= 11 is 0. The van der Waals surface area contributed by atoms with E-state index in [4.69, 9.17) is 24.1 Å². The average molecular weight is 934 g/mol. The number of hydrogen-bond donors (Lipinski definition) is 4. The third-order valence-electron chi connectivity index (χ3n) is 10.8. The third kappa shape index (κ3) is 12.7. The number of ketones is 1. The van der Waals surface area contributed by atoms with Crippen molar-refractivity contribution < 1.29 is 83.8 Å². The van der Waals surface area contributed by atoms with E-state index < -0.39 is 106 Å². The molecule has 356 valence electrons. The number of likely N-dealkylation sites (N-methyl/N-ethyl adjacent to an activating group) is 1. The first kappa shape index (κ1) is 50.7. The highest BCUT2D eigenvalue weighted by molar-refractivity contribution is 6.24.